The van der Waals surface area contributed by atoms with E-state index in [2.05, 4.69) is 26.0 Å². The molecule has 7 heteroatoms. The molecule has 1 amide bonds. The van der Waals surface area contributed by atoms with Crippen molar-refractivity contribution in [3.05, 3.63) is 137 Å². The molecule has 7 nitrogen and oxygen atoms in total. The Morgan fingerprint density at radius 3 is 2.26 bits per heavy atom. The van der Waals surface area contributed by atoms with Gasteiger partial charge in [-0.2, -0.15) is 0 Å². The van der Waals surface area contributed by atoms with Gasteiger partial charge in [-0.25, -0.2) is 4.79 Å². The number of ether oxygens (including phenoxy) is 2. The highest BCUT2D eigenvalue weighted by molar-refractivity contribution is 6.17. The summed E-state index contributed by atoms with van der Waals surface area (Å²) in [6.45, 7) is 7.53. The average molecular weight is 631 g/mol. The molecule has 5 aromatic rings. The fraction of sp³-hybridized carbons (Fsp3) is 0.275. The van der Waals surface area contributed by atoms with Gasteiger partial charge in [-0.05, 0) is 60.6 Å². The van der Waals surface area contributed by atoms with Crippen LogP contribution < -0.4 is 4.90 Å². The summed E-state index contributed by atoms with van der Waals surface area (Å²) in [5, 5.41) is 0.833. The van der Waals surface area contributed by atoms with E-state index in [1.54, 1.807) is 30.0 Å². The van der Waals surface area contributed by atoms with Gasteiger partial charge < -0.3 is 14.0 Å². The number of amides is 1. The van der Waals surface area contributed by atoms with Gasteiger partial charge in [0.15, 0.2) is 5.78 Å². The van der Waals surface area contributed by atoms with E-state index in [9.17, 15) is 14.4 Å². The number of aryl methyl sites for hydroxylation is 1. The smallest absolute Gasteiger partial charge is 0.414 e. The highest BCUT2D eigenvalue weighted by Gasteiger charge is 2.22. The normalized spacial score (nSPS) is 11.1. The van der Waals surface area contributed by atoms with Crippen LogP contribution in [0.3, 0.4) is 0 Å². The lowest BCUT2D eigenvalue weighted by molar-refractivity contribution is -0.143. The van der Waals surface area contributed by atoms with E-state index in [1.807, 2.05) is 83.6 Å². The van der Waals surface area contributed by atoms with Crippen molar-refractivity contribution in [2.24, 2.45) is 5.92 Å². The van der Waals surface area contributed by atoms with E-state index in [-0.39, 0.29) is 24.9 Å². The van der Waals surface area contributed by atoms with Crippen LogP contribution in [-0.4, -0.2) is 29.0 Å². The number of rotatable bonds is 14. The van der Waals surface area contributed by atoms with Crippen molar-refractivity contribution in [1.29, 1.82) is 0 Å². The quantitative estimate of drug-likeness (QED) is 0.0906. The molecule has 0 unspecified atom stereocenters. The third-order valence-corrected chi connectivity index (χ3v) is 7.97. The first-order valence-corrected chi connectivity index (χ1v) is 16.3. The number of benzene rings is 4. The van der Waals surface area contributed by atoms with Gasteiger partial charge in [0, 0.05) is 46.9 Å². The molecule has 0 bridgehead atoms. The van der Waals surface area contributed by atoms with Crippen LogP contribution in [0.2, 0.25) is 0 Å². The second-order valence-electron chi connectivity index (χ2n) is 12.1. The van der Waals surface area contributed by atoms with Gasteiger partial charge in [0.2, 0.25) is 0 Å². The SMILES string of the molecule is CCOC(=O)CCCn1cc(C(=O)c2cccc(N(Cc3ccc(CC(C)C)cc3)C(=O)OCc3ccccc3)c2)c2ccccc21. The first-order chi connectivity index (χ1) is 22.8. The van der Waals surface area contributed by atoms with Crippen LogP contribution >= 0.6 is 0 Å². The molecular formula is C40H42N2O5. The van der Waals surface area contributed by atoms with E-state index in [1.165, 1.54) is 5.56 Å². The van der Waals surface area contributed by atoms with Crippen LogP contribution in [0.15, 0.2) is 109 Å². The number of hydrogen-bond donors (Lipinski definition) is 0. The van der Waals surface area contributed by atoms with Crippen molar-refractivity contribution in [1.82, 2.24) is 4.57 Å². The number of nitrogens with zero attached hydrogens (tertiary/aromatic N) is 2. The van der Waals surface area contributed by atoms with E-state index in [4.69, 9.17) is 9.47 Å². The lowest BCUT2D eigenvalue weighted by Crippen LogP contribution is -2.31. The first-order valence-electron chi connectivity index (χ1n) is 16.3. The molecule has 0 aliphatic rings. The van der Waals surface area contributed by atoms with Gasteiger partial charge >= 0.3 is 12.1 Å². The van der Waals surface area contributed by atoms with Crippen LogP contribution in [0.1, 0.15) is 66.2 Å². The molecular weight excluding hydrogens is 588 g/mol. The third kappa shape index (κ3) is 8.76. The molecule has 0 fully saturated rings. The Kier molecular flexibility index (Phi) is 11.2. The molecule has 5 rings (SSSR count). The number of carbonyl (C=O) groups is 3. The highest BCUT2D eigenvalue weighted by Crippen LogP contribution is 2.27. The summed E-state index contributed by atoms with van der Waals surface area (Å²) >= 11 is 0. The lowest BCUT2D eigenvalue weighted by atomic mass is 10.0. The first kappa shape index (κ1) is 33.2. The fourth-order valence-electron chi connectivity index (χ4n) is 5.70. The minimum Gasteiger partial charge on any atom is -0.466 e. The molecule has 0 N–H and O–H groups in total. The molecule has 1 heterocycles. The van der Waals surface area contributed by atoms with Crippen LogP contribution in [0, 0.1) is 5.92 Å². The highest BCUT2D eigenvalue weighted by atomic mass is 16.6. The van der Waals surface area contributed by atoms with E-state index in [0.717, 1.165) is 28.5 Å². The minimum atomic E-state index is -0.497. The summed E-state index contributed by atoms with van der Waals surface area (Å²) in [7, 11) is 0. The number of para-hydroxylation sites is 1. The topological polar surface area (TPSA) is 77.8 Å². The summed E-state index contributed by atoms with van der Waals surface area (Å²) in [5.41, 5.74) is 5.60. The lowest BCUT2D eigenvalue weighted by Gasteiger charge is -2.23. The summed E-state index contributed by atoms with van der Waals surface area (Å²) < 4.78 is 12.9. The number of anilines is 1. The zero-order chi connectivity index (χ0) is 33.2. The Hall–Kier alpha value is -5.17. The predicted octanol–water partition coefficient (Wildman–Crippen LogP) is 8.76. The molecule has 0 atom stereocenters. The van der Waals surface area contributed by atoms with Gasteiger partial charge in [0.25, 0.3) is 0 Å². The maximum Gasteiger partial charge on any atom is 0.414 e. The predicted molar refractivity (Wildman–Crippen MR) is 185 cm³/mol. The van der Waals surface area contributed by atoms with Gasteiger partial charge in [0.1, 0.15) is 6.61 Å². The Morgan fingerprint density at radius 1 is 0.787 bits per heavy atom. The summed E-state index contributed by atoms with van der Waals surface area (Å²) in [4.78, 5) is 41.2. The van der Waals surface area contributed by atoms with E-state index in [0.29, 0.717) is 48.7 Å². The van der Waals surface area contributed by atoms with Crippen LogP contribution in [-0.2, 0) is 40.4 Å². The van der Waals surface area contributed by atoms with E-state index < -0.39 is 6.09 Å². The molecule has 0 aliphatic carbocycles. The molecule has 0 saturated carbocycles. The maximum atomic E-state index is 14.1. The zero-order valence-electron chi connectivity index (χ0n) is 27.4. The standard InChI is InChI=1S/C40H42N2O5/c1-4-46-38(43)18-11-23-41-27-36(35-16-8-9-17-37(35)41)39(44)33-14-10-15-34(25-33)42(40(45)47-28-32-12-6-5-7-13-32)26-31-21-19-30(20-22-31)24-29(2)3/h5-10,12-17,19-22,25,27,29H,4,11,18,23-24,26,28H2,1-3H3. The largest absolute Gasteiger partial charge is 0.466 e. The van der Waals surface area contributed by atoms with Crippen molar-refractivity contribution >= 4 is 34.4 Å². The maximum absolute atomic E-state index is 14.1. The molecule has 1 aromatic heterocycles. The van der Waals surface area contributed by atoms with Crippen molar-refractivity contribution in [2.45, 2.75) is 59.7 Å². The molecule has 4 aromatic carbocycles. The monoisotopic (exact) mass is 630 g/mol. The van der Waals surface area contributed by atoms with Crippen molar-refractivity contribution in [3.8, 4) is 0 Å². The molecule has 0 spiro atoms. The second kappa shape index (κ2) is 15.9. The van der Waals surface area contributed by atoms with Gasteiger partial charge in [-0.3, -0.25) is 14.5 Å². The molecule has 47 heavy (non-hydrogen) atoms. The van der Waals surface area contributed by atoms with Crippen molar-refractivity contribution in [3.63, 3.8) is 0 Å². The molecule has 0 aliphatic heterocycles. The summed E-state index contributed by atoms with van der Waals surface area (Å²) in [5.74, 6) is 0.169. The van der Waals surface area contributed by atoms with Crippen molar-refractivity contribution in [2.75, 3.05) is 11.5 Å². The molecule has 0 saturated heterocycles. The number of hydrogen-bond acceptors (Lipinski definition) is 5. The number of carbonyl (C=O) groups excluding carboxylic acids is 3. The van der Waals surface area contributed by atoms with Crippen LogP contribution in [0.4, 0.5) is 10.5 Å². The van der Waals surface area contributed by atoms with Crippen LogP contribution in [0.5, 0.6) is 0 Å². The zero-order valence-corrected chi connectivity index (χ0v) is 27.4. The third-order valence-electron chi connectivity index (χ3n) is 7.97. The second-order valence-corrected chi connectivity index (χ2v) is 12.1. The number of aromatic nitrogens is 1. The Morgan fingerprint density at radius 2 is 1.51 bits per heavy atom. The summed E-state index contributed by atoms with van der Waals surface area (Å²) in [6, 6.07) is 32.8. The van der Waals surface area contributed by atoms with E-state index >= 15 is 0 Å². The summed E-state index contributed by atoms with van der Waals surface area (Å²) in [6.07, 6.45) is 3.24. The Labute approximate surface area is 276 Å². The van der Waals surface area contributed by atoms with Crippen molar-refractivity contribution < 1.29 is 23.9 Å². The Balaban J connectivity index is 1.41. The fourth-order valence-corrected chi connectivity index (χ4v) is 5.70. The average Bonchev–Trinajstić information content (AvgIpc) is 3.45. The van der Waals surface area contributed by atoms with Gasteiger partial charge in [-0.1, -0.05) is 98.8 Å². The minimum absolute atomic E-state index is 0.137. The number of ketones is 1. The van der Waals surface area contributed by atoms with Crippen LogP contribution in [0.25, 0.3) is 10.9 Å². The number of fused-ring (bicyclic) bond motifs is 1. The molecule has 0 radical (unpaired) electrons. The van der Waals surface area contributed by atoms with Gasteiger partial charge in [0.05, 0.1) is 13.2 Å². The molecule has 242 valence electrons. The Bertz CT molecular complexity index is 1810. The number of esters is 1. The van der Waals surface area contributed by atoms with Gasteiger partial charge in [-0.15, -0.1) is 0 Å².